The summed E-state index contributed by atoms with van der Waals surface area (Å²) in [5.41, 5.74) is 3.24. The normalized spacial score (nSPS) is 25.3. The molecule has 1 heterocycles. The van der Waals surface area contributed by atoms with Crippen LogP contribution < -0.4 is 10.1 Å². The molecule has 3 atom stereocenters. The molecule has 0 bridgehead atoms. The van der Waals surface area contributed by atoms with E-state index in [1.165, 1.54) is 11.6 Å². The number of benzene rings is 2. The molecular formula is C19H18FNO. The van der Waals surface area contributed by atoms with Gasteiger partial charge in [-0.2, -0.15) is 0 Å². The molecule has 0 aromatic heterocycles. The SMILES string of the molecule is COc1ccccc1C1Nc2ccc(F)cc2C2C=CCC21. The van der Waals surface area contributed by atoms with E-state index >= 15 is 0 Å². The summed E-state index contributed by atoms with van der Waals surface area (Å²) >= 11 is 0. The second-order valence-corrected chi connectivity index (χ2v) is 5.95. The van der Waals surface area contributed by atoms with Crippen LogP contribution in [0.5, 0.6) is 5.75 Å². The Morgan fingerprint density at radius 2 is 2.00 bits per heavy atom. The first kappa shape index (κ1) is 13.4. The third kappa shape index (κ3) is 2.00. The molecule has 3 unspecified atom stereocenters. The van der Waals surface area contributed by atoms with Crippen LogP contribution in [0.1, 0.15) is 29.5 Å². The average molecular weight is 295 g/mol. The quantitative estimate of drug-likeness (QED) is 0.814. The Morgan fingerprint density at radius 3 is 2.86 bits per heavy atom. The number of fused-ring (bicyclic) bond motifs is 3. The number of nitrogens with one attached hydrogen (secondary N) is 1. The van der Waals surface area contributed by atoms with Crippen molar-refractivity contribution in [2.45, 2.75) is 18.4 Å². The van der Waals surface area contributed by atoms with Gasteiger partial charge in [-0.15, -0.1) is 0 Å². The maximum absolute atomic E-state index is 13.6. The first-order valence-electron chi connectivity index (χ1n) is 7.63. The molecule has 112 valence electrons. The molecule has 1 aliphatic carbocycles. The van der Waals surface area contributed by atoms with Gasteiger partial charge in [0.15, 0.2) is 0 Å². The molecule has 2 aromatic carbocycles. The van der Waals surface area contributed by atoms with E-state index in [4.69, 9.17) is 4.74 Å². The topological polar surface area (TPSA) is 21.3 Å². The number of halogens is 1. The lowest BCUT2D eigenvalue weighted by molar-refractivity contribution is 0.380. The van der Waals surface area contributed by atoms with Crippen molar-refractivity contribution >= 4 is 5.69 Å². The zero-order chi connectivity index (χ0) is 15.1. The van der Waals surface area contributed by atoms with Gasteiger partial charge in [0.05, 0.1) is 13.2 Å². The summed E-state index contributed by atoms with van der Waals surface area (Å²) in [5.74, 6) is 1.39. The third-order valence-electron chi connectivity index (χ3n) is 4.80. The lowest BCUT2D eigenvalue weighted by atomic mass is 9.77. The van der Waals surface area contributed by atoms with Crippen molar-refractivity contribution in [1.82, 2.24) is 0 Å². The van der Waals surface area contributed by atoms with Crippen molar-refractivity contribution in [1.29, 1.82) is 0 Å². The van der Waals surface area contributed by atoms with Crippen molar-refractivity contribution in [2.75, 3.05) is 12.4 Å². The van der Waals surface area contributed by atoms with Crippen molar-refractivity contribution in [3.05, 3.63) is 71.6 Å². The van der Waals surface area contributed by atoms with E-state index in [2.05, 4.69) is 23.5 Å². The van der Waals surface area contributed by atoms with E-state index in [1.807, 2.05) is 24.3 Å². The summed E-state index contributed by atoms with van der Waals surface area (Å²) < 4.78 is 19.2. The highest BCUT2D eigenvalue weighted by Gasteiger charge is 2.38. The minimum absolute atomic E-state index is 0.171. The molecular weight excluding hydrogens is 277 g/mol. The number of anilines is 1. The van der Waals surface area contributed by atoms with Gasteiger partial charge < -0.3 is 10.1 Å². The maximum Gasteiger partial charge on any atom is 0.124 e. The summed E-state index contributed by atoms with van der Waals surface area (Å²) in [6.45, 7) is 0. The summed E-state index contributed by atoms with van der Waals surface area (Å²) in [5, 5.41) is 3.60. The Morgan fingerprint density at radius 1 is 1.14 bits per heavy atom. The highest BCUT2D eigenvalue weighted by Crippen LogP contribution is 2.51. The van der Waals surface area contributed by atoms with Crippen LogP contribution in [0.15, 0.2) is 54.6 Å². The highest BCUT2D eigenvalue weighted by molar-refractivity contribution is 5.60. The molecule has 0 fully saturated rings. The second-order valence-electron chi connectivity index (χ2n) is 5.95. The van der Waals surface area contributed by atoms with Crippen LogP contribution in [0.25, 0.3) is 0 Å². The molecule has 2 aliphatic rings. The number of hydrogen-bond donors (Lipinski definition) is 1. The van der Waals surface area contributed by atoms with E-state index < -0.39 is 0 Å². The standard InChI is InChI=1S/C19H18FNO/c1-22-18-8-3-2-5-15(18)19-14-7-4-6-13(14)16-11-12(20)9-10-17(16)21-19/h2-6,8-11,13-14,19,21H,7H2,1H3. The molecule has 0 saturated heterocycles. The van der Waals surface area contributed by atoms with Gasteiger partial charge in [-0.1, -0.05) is 30.4 Å². The van der Waals surface area contributed by atoms with Gasteiger partial charge in [0, 0.05) is 17.2 Å². The van der Waals surface area contributed by atoms with E-state index in [1.54, 1.807) is 13.2 Å². The Bertz CT molecular complexity index is 740. The van der Waals surface area contributed by atoms with E-state index in [9.17, 15) is 4.39 Å². The largest absolute Gasteiger partial charge is 0.496 e. The lowest BCUT2D eigenvalue weighted by Gasteiger charge is -2.38. The molecule has 2 nitrogen and oxygen atoms in total. The third-order valence-corrected chi connectivity index (χ3v) is 4.80. The van der Waals surface area contributed by atoms with Gasteiger partial charge in [-0.3, -0.25) is 0 Å². The van der Waals surface area contributed by atoms with Gasteiger partial charge in [0.2, 0.25) is 0 Å². The molecule has 0 amide bonds. The maximum atomic E-state index is 13.6. The van der Waals surface area contributed by atoms with Crippen LogP contribution in [-0.2, 0) is 0 Å². The fraction of sp³-hybridized carbons (Fsp3) is 0.263. The average Bonchev–Trinajstić information content (AvgIpc) is 3.04. The zero-order valence-electron chi connectivity index (χ0n) is 12.4. The fourth-order valence-electron chi connectivity index (χ4n) is 3.80. The first-order chi connectivity index (χ1) is 10.8. The molecule has 1 N–H and O–H groups in total. The van der Waals surface area contributed by atoms with Gasteiger partial charge in [-0.05, 0) is 42.2 Å². The van der Waals surface area contributed by atoms with E-state index in [0.29, 0.717) is 5.92 Å². The predicted molar refractivity (Wildman–Crippen MR) is 85.7 cm³/mol. The number of rotatable bonds is 2. The Labute approximate surface area is 129 Å². The summed E-state index contributed by atoms with van der Waals surface area (Å²) in [6, 6.07) is 13.3. The minimum atomic E-state index is -0.171. The Balaban J connectivity index is 1.81. The van der Waals surface area contributed by atoms with E-state index in [0.717, 1.165) is 23.4 Å². The number of allylic oxidation sites excluding steroid dienone is 2. The van der Waals surface area contributed by atoms with Crippen LogP contribution >= 0.6 is 0 Å². The van der Waals surface area contributed by atoms with Crippen molar-refractivity contribution < 1.29 is 9.13 Å². The van der Waals surface area contributed by atoms with Crippen LogP contribution in [0, 0.1) is 11.7 Å². The zero-order valence-corrected chi connectivity index (χ0v) is 12.4. The van der Waals surface area contributed by atoms with Crippen molar-refractivity contribution in [2.24, 2.45) is 5.92 Å². The van der Waals surface area contributed by atoms with Crippen molar-refractivity contribution in [3.63, 3.8) is 0 Å². The summed E-state index contributed by atoms with van der Waals surface area (Å²) in [4.78, 5) is 0. The highest BCUT2D eigenvalue weighted by atomic mass is 19.1. The molecule has 4 rings (SSSR count). The van der Waals surface area contributed by atoms with Gasteiger partial charge in [0.1, 0.15) is 11.6 Å². The lowest BCUT2D eigenvalue weighted by Crippen LogP contribution is -2.29. The number of hydrogen-bond acceptors (Lipinski definition) is 2. The molecule has 0 radical (unpaired) electrons. The molecule has 3 heteroatoms. The van der Waals surface area contributed by atoms with Crippen LogP contribution in [0.2, 0.25) is 0 Å². The van der Waals surface area contributed by atoms with Crippen LogP contribution in [0.3, 0.4) is 0 Å². The molecule has 0 spiro atoms. The summed E-state index contributed by atoms with van der Waals surface area (Å²) in [7, 11) is 1.70. The molecule has 1 aliphatic heterocycles. The fourth-order valence-corrected chi connectivity index (χ4v) is 3.80. The second kappa shape index (κ2) is 5.16. The summed E-state index contributed by atoms with van der Waals surface area (Å²) in [6.07, 6.45) is 5.42. The first-order valence-corrected chi connectivity index (χ1v) is 7.63. The molecule has 2 aromatic rings. The van der Waals surface area contributed by atoms with Crippen molar-refractivity contribution in [3.8, 4) is 5.75 Å². The molecule has 0 saturated carbocycles. The number of ether oxygens (including phenoxy) is 1. The van der Waals surface area contributed by atoms with Gasteiger partial charge in [-0.25, -0.2) is 4.39 Å². The smallest absolute Gasteiger partial charge is 0.124 e. The number of methoxy groups -OCH3 is 1. The number of para-hydroxylation sites is 1. The van der Waals surface area contributed by atoms with Gasteiger partial charge in [0.25, 0.3) is 0 Å². The van der Waals surface area contributed by atoms with E-state index in [-0.39, 0.29) is 17.8 Å². The Kier molecular flexibility index (Phi) is 3.14. The van der Waals surface area contributed by atoms with Crippen LogP contribution in [-0.4, -0.2) is 7.11 Å². The van der Waals surface area contributed by atoms with Crippen LogP contribution in [0.4, 0.5) is 10.1 Å². The van der Waals surface area contributed by atoms with Gasteiger partial charge >= 0.3 is 0 Å². The minimum Gasteiger partial charge on any atom is -0.496 e. The predicted octanol–water partition coefficient (Wildman–Crippen LogP) is 4.66. The Hall–Kier alpha value is -2.29. The molecule has 22 heavy (non-hydrogen) atoms. The monoisotopic (exact) mass is 295 g/mol.